The predicted molar refractivity (Wildman–Crippen MR) is 144 cm³/mol. The minimum atomic E-state index is -1.16. The minimum absolute atomic E-state index is 0.113. The molecule has 1 amide bonds. The zero-order valence-corrected chi connectivity index (χ0v) is 21.2. The predicted octanol–water partition coefficient (Wildman–Crippen LogP) is 3.51. The van der Waals surface area contributed by atoms with E-state index in [4.69, 9.17) is 0 Å². The average Bonchev–Trinajstić information content (AvgIpc) is 2.87. The Hall–Kier alpha value is -4.33. The van der Waals surface area contributed by atoms with Crippen LogP contribution in [0.3, 0.4) is 0 Å². The number of amides is 1. The van der Waals surface area contributed by atoms with Crippen molar-refractivity contribution in [3.8, 4) is 0 Å². The van der Waals surface area contributed by atoms with Crippen molar-refractivity contribution in [3.63, 3.8) is 0 Å². The van der Waals surface area contributed by atoms with Gasteiger partial charge in [-0.15, -0.1) is 0 Å². The van der Waals surface area contributed by atoms with Crippen molar-refractivity contribution in [2.24, 2.45) is 0 Å². The molecule has 1 heterocycles. The van der Waals surface area contributed by atoms with Gasteiger partial charge in [0.05, 0.1) is 11.9 Å². The number of carboxylic acid groups (broad SMARTS) is 1. The van der Waals surface area contributed by atoms with Crippen molar-refractivity contribution in [1.82, 2.24) is 20.5 Å². The van der Waals surface area contributed by atoms with Crippen LogP contribution in [0, 0.1) is 0 Å². The van der Waals surface area contributed by atoms with E-state index in [2.05, 4.69) is 22.5 Å². The first-order valence-electron chi connectivity index (χ1n) is 12.3. The van der Waals surface area contributed by atoms with Crippen molar-refractivity contribution in [1.29, 1.82) is 0 Å². The van der Waals surface area contributed by atoms with Gasteiger partial charge in [0.15, 0.2) is 0 Å². The maximum atomic E-state index is 13.5. The molecule has 0 fully saturated rings. The Kier molecular flexibility index (Phi) is 9.66. The molecular weight excluding hydrogens is 468 g/mol. The van der Waals surface area contributed by atoms with E-state index in [0.717, 1.165) is 11.1 Å². The standard InChI is InChI=1S/C29H34N4O4/c1-20(2)31-21(3)30-18-10-17-25(29(36)37)32-27(34)24-16-11-19-33(28(24)35)26(22-12-6-4-7-13-22)23-14-8-5-9-15-23/h4-9,11-16,19-20,25-26,30-31H,3,10,17-18H2,1-2H3,(H,32,34)(H,36,37). The maximum absolute atomic E-state index is 13.5. The Morgan fingerprint density at radius 1 is 0.919 bits per heavy atom. The molecule has 0 aliphatic heterocycles. The van der Waals surface area contributed by atoms with Crippen LogP contribution in [0.1, 0.15) is 54.2 Å². The molecular formula is C29H34N4O4. The first-order chi connectivity index (χ1) is 17.8. The molecule has 0 aliphatic rings. The first-order valence-corrected chi connectivity index (χ1v) is 12.3. The van der Waals surface area contributed by atoms with Crippen LogP contribution < -0.4 is 21.5 Å². The van der Waals surface area contributed by atoms with Gasteiger partial charge in [-0.05, 0) is 49.9 Å². The summed E-state index contributed by atoms with van der Waals surface area (Å²) < 4.78 is 1.51. The number of rotatable bonds is 13. The van der Waals surface area contributed by atoms with Crippen LogP contribution in [-0.2, 0) is 4.79 Å². The third-order valence-corrected chi connectivity index (χ3v) is 5.80. The second-order valence-electron chi connectivity index (χ2n) is 9.07. The summed E-state index contributed by atoms with van der Waals surface area (Å²) in [4.78, 5) is 38.4. The number of nitrogens with one attached hydrogen (secondary N) is 3. The molecule has 3 rings (SSSR count). The second-order valence-corrected chi connectivity index (χ2v) is 9.07. The largest absolute Gasteiger partial charge is 0.480 e. The summed E-state index contributed by atoms with van der Waals surface area (Å²) in [5.41, 5.74) is 1.16. The molecule has 4 N–H and O–H groups in total. The molecule has 0 spiro atoms. The summed E-state index contributed by atoms with van der Waals surface area (Å²) >= 11 is 0. The number of hydrogen-bond acceptors (Lipinski definition) is 5. The Bertz CT molecular complexity index is 1220. The van der Waals surface area contributed by atoms with Gasteiger partial charge in [-0.3, -0.25) is 9.59 Å². The maximum Gasteiger partial charge on any atom is 0.326 e. The number of hydrogen-bond donors (Lipinski definition) is 4. The van der Waals surface area contributed by atoms with E-state index in [1.807, 2.05) is 74.5 Å². The van der Waals surface area contributed by atoms with E-state index in [9.17, 15) is 19.5 Å². The van der Waals surface area contributed by atoms with Gasteiger partial charge < -0.3 is 25.6 Å². The number of aliphatic carboxylic acids is 1. The van der Waals surface area contributed by atoms with Crippen molar-refractivity contribution < 1.29 is 14.7 Å². The van der Waals surface area contributed by atoms with Crippen molar-refractivity contribution in [2.45, 2.75) is 44.8 Å². The summed E-state index contributed by atoms with van der Waals surface area (Å²) in [6.45, 7) is 8.33. The van der Waals surface area contributed by atoms with Gasteiger partial charge in [0.25, 0.3) is 11.5 Å². The quantitative estimate of drug-likeness (QED) is 0.266. The molecule has 8 heteroatoms. The van der Waals surface area contributed by atoms with E-state index in [1.165, 1.54) is 10.6 Å². The molecule has 0 saturated heterocycles. The van der Waals surface area contributed by atoms with E-state index in [0.29, 0.717) is 18.8 Å². The van der Waals surface area contributed by atoms with E-state index in [1.54, 1.807) is 12.3 Å². The Morgan fingerprint density at radius 3 is 2.05 bits per heavy atom. The second kappa shape index (κ2) is 13.1. The molecule has 0 radical (unpaired) electrons. The number of carbonyl (C=O) groups is 2. The smallest absolute Gasteiger partial charge is 0.326 e. The monoisotopic (exact) mass is 502 g/mol. The number of benzene rings is 2. The van der Waals surface area contributed by atoms with Gasteiger partial charge in [0.2, 0.25) is 0 Å². The Balaban J connectivity index is 1.78. The van der Waals surface area contributed by atoms with Crippen LogP contribution >= 0.6 is 0 Å². The third kappa shape index (κ3) is 7.57. The third-order valence-electron chi connectivity index (χ3n) is 5.80. The van der Waals surface area contributed by atoms with Crippen molar-refractivity contribution >= 4 is 11.9 Å². The molecule has 0 aliphatic carbocycles. The van der Waals surface area contributed by atoms with Crippen molar-refractivity contribution in [2.75, 3.05) is 6.54 Å². The van der Waals surface area contributed by atoms with Crippen LogP contribution in [-0.4, -0.2) is 40.2 Å². The summed E-state index contributed by atoms with van der Waals surface area (Å²) in [6, 6.07) is 20.8. The highest BCUT2D eigenvalue weighted by Gasteiger charge is 2.24. The fraction of sp³-hybridized carbons (Fsp3) is 0.276. The number of aromatic nitrogens is 1. The lowest BCUT2D eigenvalue weighted by Gasteiger charge is -2.22. The van der Waals surface area contributed by atoms with Gasteiger partial charge in [-0.25, -0.2) is 4.79 Å². The lowest BCUT2D eigenvalue weighted by atomic mass is 9.98. The minimum Gasteiger partial charge on any atom is -0.480 e. The van der Waals surface area contributed by atoms with Crippen LogP contribution in [0.25, 0.3) is 0 Å². The van der Waals surface area contributed by atoms with Crippen LogP contribution in [0.15, 0.2) is 96.2 Å². The van der Waals surface area contributed by atoms with E-state index >= 15 is 0 Å². The van der Waals surface area contributed by atoms with Gasteiger partial charge >= 0.3 is 5.97 Å². The van der Waals surface area contributed by atoms with Gasteiger partial charge in [-0.1, -0.05) is 67.2 Å². The molecule has 2 aromatic carbocycles. The zero-order valence-electron chi connectivity index (χ0n) is 21.2. The average molecular weight is 503 g/mol. The zero-order chi connectivity index (χ0) is 26.8. The van der Waals surface area contributed by atoms with Gasteiger partial charge in [-0.2, -0.15) is 0 Å². The SMILES string of the molecule is C=C(NCCCC(NC(=O)c1cccn(C(c2ccccc2)c2ccccc2)c1=O)C(=O)O)NC(C)C. The van der Waals surface area contributed by atoms with Gasteiger partial charge in [0, 0.05) is 18.8 Å². The molecule has 8 nitrogen and oxygen atoms in total. The molecule has 1 atom stereocenters. The summed E-state index contributed by atoms with van der Waals surface area (Å²) in [5, 5.41) is 18.4. The number of nitrogens with zero attached hydrogens (tertiary/aromatic N) is 1. The molecule has 194 valence electrons. The first kappa shape index (κ1) is 27.3. The molecule has 37 heavy (non-hydrogen) atoms. The molecule has 1 aromatic heterocycles. The number of carbonyl (C=O) groups excluding carboxylic acids is 1. The summed E-state index contributed by atoms with van der Waals surface area (Å²) in [6.07, 6.45) is 2.32. The fourth-order valence-electron chi connectivity index (χ4n) is 4.11. The van der Waals surface area contributed by atoms with E-state index < -0.39 is 29.5 Å². The normalized spacial score (nSPS) is 11.7. The Labute approximate surface area is 217 Å². The Morgan fingerprint density at radius 2 is 1.51 bits per heavy atom. The summed E-state index contributed by atoms with van der Waals surface area (Å²) in [7, 11) is 0. The lowest BCUT2D eigenvalue weighted by Crippen LogP contribution is -2.44. The van der Waals surface area contributed by atoms with Crippen LogP contribution in [0.2, 0.25) is 0 Å². The highest BCUT2D eigenvalue weighted by Crippen LogP contribution is 2.25. The van der Waals surface area contributed by atoms with Crippen LogP contribution in [0.5, 0.6) is 0 Å². The number of pyridine rings is 1. The fourth-order valence-corrected chi connectivity index (χ4v) is 4.11. The van der Waals surface area contributed by atoms with E-state index in [-0.39, 0.29) is 18.0 Å². The molecule has 0 bridgehead atoms. The highest BCUT2D eigenvalue weighted by atomic mass is 16.4. The molecule has 3 aromatic rings. The van der Waals surface area contributed by atoms with Crippen molar-refractivity contribution in [3.05, 3.63) is 118 Å². The summed E-state index contributed by atoms with van der Waals surface area (Å²) in [5.74, 6) is -1.22. The number of carboxylic acids is 1. The van der Waals surface area contributed by atoms with Gasteiger partial charge in [0.1, 0.15) is 11.6 Å². The molecule has 0 saturated carbocycles. The molecule has 1 unspecified atom stereocenters. The lowest BCUT2D eigenvalue weighted by molar-refractivity contribution is -0.139. The van der Waals surface area contributed by atoms with Crippen LogP contribution in [0.4, 0.5) is 0 Å². The topological polar surface area (TPSA) is 112 Å². The highest BCUT2D eigenvalue weighted by molar-refractivity contribution is 5.96.